The fourth-order valence-corrected chi connectivity index (χ4v) is 6.64. The lowest BCUT2D eigenvalue weighted by molar-refractivity contribution is -0.122. The summed E-state index contributed by atoms with van der Waals surface area (Å²) in [6, 6.07) is 7.74. The van der Waals surface area contributed by atoms with Gasteiger partial charge in [0.05, 0.1) is 36.3 Å². The molecule has 3 rings (SSSR count). The number of benzene rings is 2. The van der Waals surface area contributed by atoms with Crippen LogP contribution in [-0.2, 0) is 30.4 Å². The zero-order chi connectivity index (χ0) is 33.6. The van der Waals surface area contributed by atoms with Gasteiger partial charge >= 0.3 is 0 Å². The van der Waals surface area contributed by atoms with Gasteiger partial charge in [0.1, 0.15) is 11.5 Å². The third-order valence-corrected chi connectivity index (χ3v) is 11.5. The molecule has 0 bridgehead atoms. The maximum Gasteiger partial charge on any atom is 0.265 e. The zero-order valence-electron chi connectivity index (χ0n) is 28.1. The number of nitrogens with zero attached hydrogens (tertiary/aromatic N) is 1. The highest BCUT2D eigenvalue weighted by molar-refractivity contribution is 7.89. The van der Waals surface area contributed by atoms with Crippen LogP contribution in [0.4, 0.5) is 5.69 Å². The van der Waals surface area contributed by atoms with Crippen LogP contribution in [0.15, 0.2) is 24.3 Å². The normalized spacial score (nSPS) is 15.5. The summed E-state index contributed by atoms with van der Waals surface area (Å²) in [7, 11) is -3.41. The van der Waals surface area contributed by atoms with E-state index < -0.39 is 22.0 Å². The molecule has 1 heterocycles. The monoisotopic (exact) mass is 666 g/mol. The number of sulfonamides is 1. The SMILES string of the molecule is CCC(Oc1ccc(C(C)(C)CC)cc1C(C)(C)CC)C(=O)Nc1cc(OCCCS(=O)(=O)N2CCOCC2)c(C)c(Cl)c1O. The highest BCUT2D eigenvalue weighted by atomic mass is 35.5. The Kier molecular flexibility index (Phi) is 12.6. The predicted octanol–water partition coefficient (Wildman–Crippen LogP) is 6.96. The van der Waals surface area contributed by atoms with Crippen LogP contribution in [-0.4, -0.2) is 68.5 Å². The summed E-state index contributed by atoms with van der Waals surface area (Å²) < 4.78 is 44.2. The van der Waals surface area contributed by atoms with Gasteiger partial charge in [-0.2, -0.15) is 4.31 Å². The van der Waals surface area contributed by atoms with Crippen LogP contribution in [0, 0.1) is 6.92 Å². The Morgan fingerprint density at radius 3 is 2.31 bits per heavy atom. The minimum atomic E-state index is -3.41. The van der Waals surface area contributed by atoms with Gasteiger partial charge in [-0.3, -0.25) is 4.79 Å². The first kappa shape index (κ1) is 36.9. The number of anilines is 1. The highest BCUT2D eigenvalue weighted by Gasteiger charge is 2.30. The van der Waals surface area contributed by atoms with Crippen LogP contribution in [0.5, 0.6) is 17.2 Å². The molecule has 2 aromatic carbocycles. The molecule has 1 aliphatic heterocycles. The van der Waals surface area contributed by atoms with Gasteiger partial charge in [-0.05, 0) is 55.1 Å². The Morgan fingerprint density at radius 2 is 1.71 bits per heavy atom. The number of halogens is 1. The number of phenols is 1. The molecule has 0 radical (unpaired) electrons. The second-order valence-corrected chi connectivity index (χ2v) is 15.4. The number of aromatic hydroxyl groups is 1. The van der Waals surface area contributed by atoms with Gasteiger partial charge in [0.25, 0.3) is 5.91 Å². The van der Waals surface area contributed by atoms with Crippen LogP contribution in [0.3, 0.4) is 0 Å². The highest BCUT2D eigenvalue weighted by Crippen LogP contribution is 2.41. The van der Waals surface area contributed by atoms with Crippen molar-refractivity contribution < 1.29 is 32.5 Å². The average Bonchev–Trinajstić information content (AvgIpc) is 3.02. The molecule has 9 nitrogen and oxygen atoms in total. The molecule has 1 saturated heterocycles. The molecular formula is C34H51ClN2O7S. The van der Waals surface area contributed by atoms with Crippen molar-refractivity contribution in [2.45, 2.75) is 98.0 Å². The number of hydrogen-bond donors (Lipinski definition) is 2. The molecule has 1 atom stereocenters. The Balaban J connectivity index is 1.76. The van der Waals surface area contributed by atoms with Gasteiger partial charge in [-0.25, -0.2) is 8.42 Å². The van der Waals surface area contributed by atoms with Gasteiger partial charge in [0.15, 0.2) is 11.9 Å². The first-order valence-electron chi connectivity index (χ1n) is 15.9. The van der Waals surface area contributed by atoms with Crippen molar-refractivity contribution in [3.63, 3.8) is 0 Å². The molecule has 252 valence electrons. The molecule has 45 heavy (non-hydrogen) atoms. The summed E-state index contributed by atoms with van der Waals surface area (Å²) >= 11 is 6.43. The van der Waals surface area contributed by atoms with Crippen LogP contribution in [0.1, 0.15) is 90.8 Å². The van der Waals surface area contributed by atoms with E-state index in [9.17, 15) is 18.3 Å². The van der Waals surface area contributed by atoms with E-state index in [0.717, 1.165) is 18.4 Å². The van der Waals surface area contributed by atoms with Gasteiger partial charge < -0.3 is 24.6 Å². The fraction of sp³-hybridized carbons (Fsp3) is 0.618. The van der Waals surface area contributed by atoms with Crippen molar-refractivity contribution in [3.05, 3.63) is 46.0 Å². The molecule has 1 unspecified atom stereocenters. The van der Waals surface area contributed by atoms with Crippen molar-refractivity contribution in [1.29, 1.82) is 0 Å². The van der Waals surface area contributed by atoms with Crippen molar-refractivity contribution in [2.75, 3.05) is 44.0 Å². The van der Waals surface area contributed by atoms with Crippen LogP contribution in [0.2, 0.25) is 5.02 Å². The topological polar surface area (TPSA) is 114 Å². The molecule has 1 amide bonds. The number of rotatable bonds is 15. The van der Waals surface area contributed by atoms with E-state index >= 15 is 0 Å². The van der Waals surface area contributed by atoms with Gasteiger partial charge in [-0.1, -0.05) is 72.2 Å². The molecule has 2 aromatic rings. The summed E-state index contributed by atoms with van der Waals surface area (Å²) in [6.45, 7) is 18.2. The number of carbonyl (C=O) groups is 1. The molecule has 0 aliphatic carbocycles. The van der Waals surface area contributed by atoms with E-state index in [-0.39, 0.29) is 46.1 Å². The molecule has 0 aromatic heterocycles. The van der Waals surface area contributed by atoms with Crippen molar-refractivity contribution in [2.24, 2.45) is 0 Å². The molecule has 1 fully saturated rings. The van der Waals surface area contributed by atoms with E-state index in [4.69, 9.17) is 25.8 Å². The molecule has 1 aliphatic rings. The number of nitrogens with one attached hydrogen (secondary N) is 1. The molecule has 2 N–H and O–H groups in total. The van der Waals surface area contributed by atoms with Crippen LogP contribution >= 0.6 is 11.6 Å². The quantitative estimate of drug-likeness (QED) is 0.156. The van der Waals surface area contributed by atoms with Gasteiger partial charge in [0.2, 0.25) is 10.0 Å². The summed E-state index contributed by atoms with van der Waals surface area (Å²) in [5.41, 5.74) is 2.65. The van der Waals surface area contributed by atoms with Crippen LogP contribution in [0.25, 0.3) is 0 Å². The summed E-state index contributed by atoms with van der Waals surface area (Å²) in [5, 5.41) is 13.6. The second-order valence-electron chi connectivity index (χ2n) is 12.9. The maximum atomic E-state index is 13.5. The largest absolute Gasteiger partial charge is 0.504 e. The first-order valence-corrected chi connectivity index (χ1v) is 17.9. The van der Waals surface area contributed by atoms with E-state index in [1.807, 2.05) is 13.0 Å². The smallest absolute Gasteiger partial charge is 0.265 e. The Bertz CT molecular complexity index is 1440. The lowest BCUT2D eigenvalue weighted by Gasteiger charge is -2.31. The average molecular weight is 667 g/mol. The first-order chi connectivity index (χ1) is 21.1. The second kappa shape index (κ2) is 15.4. The van der Waals surface area contributed by atoms with Crippen molar-refractivity contribution in [1.82, 2.24) is 4.31 Å². The molecule has 0 saturated carbocycles. The van der Waals surface area contributed by atoms with Crippen molar-refractivity contribution in [3.8, 4) is 17.2 Å². The minimum absolute atomic E-state index is 0.00234. The van der Waals surface area contributed by atoms with Gasteiger partial charge in [0, 0.05) is 30.3 Å². The zero-order valence-corrected chi connectivity index (χ0v) is 29.7. The molecular weight excluding hydrogens is 616 g/mol. The standard InChI is InChI=1S/C34H51ClN2O7S/c1-9-27(44-28-14-13-24(33(5,6)10-2)21-25(28)34(7,8)11-3)32(39)36-26-22-29(23(4)30(35)31(26)38)43-17-12-20-45(40,41)37-15-18-42-19-16-37/h13-14,21-22,27,38H,9-12,15-20H2,1-8H3,(H,36,39). The van der Waals surface area contributed by atoms with Gasteiger partial charge in [-0.15, -0.1) is 0 Å². The van der Waals surface area contributed by atoms with E-state index in [1.54, 1.807) is 6.92 Å². The number of ether oxygens (including phenoxy) is 3. The number of phenolic OH excluding ortho intramolecular Hbond substituents is 1. The predicted molar refractivity (Wildman–Crippen MR) is 181 cm³/mol. The van der Waals surface area contributed by atoms with Crippen molar-refractivity contribution >= 4 is 33.2 Å². The third kappa shape index (κ3) is 9.05. The third-order valence-electron chi connectivity index (χ3n) is 9.05. The number of morpholine rings is 1. The number of carbonyl (C=O) groups excluding carboxylic acids is 1. The summed E-state index contributed by atoms with van der Waals surface area (Å²) in [5.74, 6) is 0.214. The number of amides is 1. The Hall–Kier alpha value is -2.53. The molecule has 0 spiro atoms. The van der Waals surface area contributed by atoms with E-state index in [0.29, 0.717) is 49.8 Å². The van der Waals surface area contributed by atoms with E-state index in [2.05, 4.69) is 59.0 Å². The Morgan fingerprint density at radius 1 is 1.07 bits per heavy atom. The fourth-order valence-electron chi connectivity index (χ4n) is 5.00. The summed E-state index contributed by atoms with van der Waals surface area (Å²) in [6.07, 6.45) is 1.69. The Labute approximate surface area is 274 Å². The summed E-state index contributed by atoms with van der Waals surface area (Å²) in [4.78, 5) is 13.5. The number of hydrogen-bond acceptors (Lipinski definition) is 7. The maximum absolute atomic E-state index is 13.5. The lowest BCUT2D eigenvalue weighted by Crippen LogP contribution is -2.42. The van der Waals surface area contributed by atoms with Crippen LogP contribution < -0.4 is 14.8 Å². The lowest BCUT2D eigenvalue weighted by atomic mass is 9.76. The molecule has 11 heteroatoms. The minimum Gasteiger partial charge on any atom is -0.504 e. The van der Waals surface area contributed by atoms with E-state index in [1.165, 1.54) is 15.9 Å².